The second-order valence-electron chi connectivity index (χ2n) is 4.50. The van der Waals surface area contributed by atoms with Gasteiger partial charge in [-0.2, -0.15) is 0 Å². The van der Waals surface area contributed by atoms with E-state index in [4.69, 9.17) is 0 Å². The van der Waals surface area contributed by atoms with Crippen LogP contribution in [0.1, 0.15) is 37.8 Å². The van der Waals surface area contributed by atoms with Gasteiger partial charge in [0.05, 0.1) is 5.60 Å². The van der Waals surface area contributed by atoms with Crippen molar-refractivity contribution in [3.05, 3.63) is 35.1 Å². The van der Waals surface area contributed by atoms with Gasteiger partial charge < -0.3 is 5.11 Å². The third-order valence-corrected chi connectivity index (χ3v) is 3.77. The molecule has 1 aromatic carbocycles. The molecule has 15 heavy (non-hydrogen) atoms. The Labute approximate surface area is 89.9 Å². The average molecular weight is 208 g/mol. The molecule has 2 unspecified atom stereocenters. The Morgan fingerprint density at radius 2 is 2.27 bits per heavy atom. The van der Waals surface area contributed by atoms with Crippen LogP contribution in [0.25, 0.3) is 0 Å². The van der Waals surface area contributed by atoms with Crippen LogP contribution >= 0.6 is 0 Å². The van der Waals surface area contributed by atoms with Crippen LogP contribution in [-0.2, 0) is 12.0 Å². The topological polar surface area (TPSA) is 20.2 Å². The highest BCUT2D eigenvalue weighted by Crippen LogP contribution is 2.43. The molecular weight excluding hydrogens is 191 g/mol. The van der Waals surface area contributed by atoms with Crippen LogP contribution in [0.5, 0.6) is 0 Å². The smallest absolute Gasteiger partial charge is 0.126 e. The van der Waals surface area contributed by atoms with Crippen molar-refractivity contribution >= 4 is 0 Å². The summed E-state index contributed by atoms with van der Waals surface area (Å²) in [6.45, 7) is 4.08. The van der Waals surface area contributed by atoms with Gasteiger partial charge in [0.2, 0.25) is 0 Å². The molecular formula is C13H17FO. The molecule has 0 bridgehead atoms. The third kappa shape index (κ3) is 1.48. The molecule has 2 atom stereocenters. The molecule has 0 saturated carbocycles. The summed E-state index contributed by atoms with van der Waals surface area (Å²) in [4.78, 5) is 0. The molecule has 1 aliphatic rings. The lowest BCUT2D eigenvalue weighted by atomic mass is 9.82. The zero-order valence-corrected chi connectivity index (χ0v) is 9.26. The largest absolute Gasteiger partial charge is 0.385 e. The van der Waals surface area contributed by atoms with E-state index in [1.165, 1.54) is 6.07 Å². The Bertz CT molecular complexity index is 375. The van der Waals surface area contributed by atoms with Crippen molar-refractivity contribution in [2.24, 2.45) is 5.92 Å². The molecule has 1 aromatic rings. The Balaban J connectivity index is 2.48. The lowest BCUT2D eigenvalue weighted by Gasteiger charge is -2.30. The monoisotopic (exact) mass is 208 g/mol. The van der Waals surface area contributed by atoms with Gasteiger partial charge in [0.15, 0.2) is 0 Å². The van der Waals surface area contributed by atoms with E-state index in [1.807, 2.05) is 13.0 Å². The van der Waals surface area contributed by atoms with Crippen molar-refractivity contribution < 1.29 is 9.50 Å². The Morgan fingerprint density at radius 1 is 1.53 bits per heavy atom. The summed E-state index contributed by atoms with van der Waals surface area (Å²) in [6.07, 6.45) is 2.22. The first-order chi connectivity index (χ1) is 7.09. The molecule has 0 heterocycles. The molecule has 2 rings (SSSR count). The predicted molar refractivity (Wildman–Crippen MR) is 58.1 cm³/mol. The molecule has 1 aliphatic carbocycles. The van der Waals surface area contributed by atoms with Crippen LogP contribution in [0.3, 0.4) is 0 Å². The van der Waals surface area contributed by atoms with Crippen molar-refractivity contribution in [1.82, 2.24) is 0 Å². The lowest BCUT2D eigenvalue weighted by Crippen LogP contribution is -2.30. The predicted octanol–water partition coefficient (Wildman–Crippen LogP) is 3.01. The maximum Gasteiger partial charge on any atom is 0.126 e. The number of fused-ring (bicyclic) bond motifs is 1. The maximum atomic E-state index is 13.5. The van der Waals surface area contributed by atoms with Gasteiger partial charge in [-0.25, -0.2) is 4.39 Å². The van der Waals surface area contributed by atoms with Gasteiger partial charge in [0, 0.05) is 0 Å². The molecule has 82 valence electrons. The summed E-state index contributed by atoms with van der Waals surface area (Å²) in [5, 5.41) is 10.6. The fraction of sp³-hybridized carbons (Fsp3) is 0.538. The fourth-order valence-electron chi connectivity index (χ4n) is 2.52. The Morgan fingerprint density at radius 3 is 2.93 bits per heavy atom. The zero-order valence-electron chi connectivity index (χ0n) is 9.26. The first-order valence-corrected chi connectivity index (χ1v) is 5.60. The minimum Gasteiger partial charge on any atom is -0.385 e. The van der Waals surface area contributed by atoms with E-state index in [1.54, 1.807) is 6.07 Å². The maximum absolute atomic E-state index is 13.5. The summed E-state index contributed by atoms with van der Waals surface area (Å²) in [5.41, 5.74) is 0.698. The molecule has 1 nitrogen and oxygen atoms in total. The fourth-order valence-corrected chi connectivity index (χ4v) is 2.52. The molecule has 2 heteroatoms. The highest BCUT2D eigenvalue weighted by Gasteiger charge is 2.41. The Hall–Kier alpha value is -0.890. The van der Waals surface area contributed by atoms with Crippen molar-refractivity contribution in [3.63, 3.8) is 0 Å². The van der Waals surface area contributed by atoms with E-state index in [0.29, 0.717) is 18.4 Å². The molecule has 1 N–H and O–H groups in total. The van der Waals surface area contributed by atoms with Gasteiger partial charge in [-0.3, -0.25) is 0 Å². The molecule has 0 spiro atoms. The number of hydrogen-bond acceptors (Lipinski definition) is 1. The van der Waals surface area contributed by atoms with Gasteiger partial charge >= 0.3 is 0 Å². The van der Waals surface area contributed by atoms with E-state index < -0.39 is 5.60 Å². The molecule has 0 aromatic heterocycles. The Kier molecular flexibility index (Phi) is 2.55. The van der Waals surface area contributed by atoms with Crippen molar-refractivity contribution in [2.45, 2.75) is 38.7 Å². The van der Waals surface area contributed by atoms with Crippen LogP contribution in [0, 0.1) is 11.7 Å². The summed E-state index contributed by atoms with van der Waals surface area (Å²) < 4.78 is 13.5. The number of aliphatic hydroxyl groups is 1. The number of hydrogen-bond donors (Lipinski definition) is 1. The van der Waals surface area contributed by atoms with Gasteiger partial charge in [-0.1, -0.05) is 32.4 Å². The first kappa shape index (κ1) is 10.6. The molecule has 0 aliphatic heterocycles. The minimum atomic E-state index is -0.813. The second-order valence-corrected chi connectivity index (χ2v) is 4.50. The van der Waals surface area contributed by atoms with Gasteiger partial charge in [-0.05, 0) is 36.0 Å². The van der Waals surface area contributed by atoms with Crippen LogP contribution in [0.15, 0.2) is 18.2 Å². The third-order valence-electron chi connectivity index (χ3n) is 3.77. The van der Waals surface area contributed by atoms with Crippen molar-refractivity contribution in [3.8, 4) is 0 Å². The normalized spacial score (nSPS) is 26.4. The van der Waals surface area contributed by atoms with Gasteiger partial charge in [0.25, 0.3) is 0 Å². The van der Waals surface area contributed by atoms with E-state index in [0.717, 1.165) is 12.0 Å². The molecule has 0 radical (unpaired) electrons. The van der Waals surface area contributed by atoms with E-state index in [9.17, 15) is 9.50 Å². The average Bonchev–Trinajstić information content (AvgIpc) is 2.59. The van der Waals surface area contributed by atoms with Crippen LogP contribution in [-0.4, -0.2) is 5.11 Å². The van der Waals surface area contributed by atoms with Crippen molar-refractivity contribution in [2.75, 3.05) is 0 Å². The summed E-state index contributed by atoms with van der Waals surface area (Å²) in [7, 11) is 0. The van der Waals surface area contributed by atoms with Gasteiger partial charge in [-0.15, -0.1) is 0 Å². The highest BCUT2D eigenvalue weighted by atomic mass is 19.1. The first-order valence-electron chi connectivity index (χ1n) is 5.60. The van der Waals surface area contributed by atoms with E-state index >= 15 is 0 Å². The minimum absolute atomic E-state index is 0.174. The van der Waals surface area contributed by atoms with E-state index in [-0.39, 0.29) is 11.7 Å². The molecule has 0 fully saturated rings. The number of rotatable bonds is 2. The summed E-state index contributed by atoms with van der Waals surface area (Å²) in [6, 6.07) is 5.02. The zero-order chi connectivity index (χ0) is 11.1. The quantitative estimate of drug-likeness (QED) is 0.792. The van der Waals surface area contributed by atoms with Gasteiger partial charge in [0.1, 0.15) is 5.82 Å². The molecule has 0 saturated heterocycles. The highest BCUT2D eigenvalue weighted by molar-refractivity contribution is 5.38. The standard InChI is InChI=1S/C13H17FO/c1-3-9(2)13(15)8-7-10-11(13)5-4-6-12(10)14/h4-6,9,15H,3,7-8H2,1-2H3. The van der Waals surface area contributed by atoms with Crippen LogP contribution in [0.4, 0.5) is 4.39 Å². The second kappa shape index (κ2) is 3.60. The molecule has 0 amide bonds. The summed E-state index contributed by atoms with van der Waals surface area (Å²) >= 11 is 0. The van der Waals surface area contributed by atoms with Crippen LogP contribution in [0.2, 0.25) is 0 Å². The van der Waals surface area contributed by atoms with E-state index in [2.05, 4.69) is 6.92 Å². The number of halogens is 1. The number of benzene rings is 1. The lowest BCUT2D eigenvalue weighted by molar-refractivity contribution is -0.0168. The summed E-state index contributed by atoms with van der Waals surface area (Å²) in [5.74, 6) is 0.00674. The SMILES string of the molecule is CCC(C)C1(O)CCc2c(F)cccc21. The van der Waals surface area contributed by atoms with Crippen molar-refractivity contribution in [1.29, 1.82) is 0 Å². The van der Waals surface area contributed by atoms with Crippen LogP contribution < -0.4 is 0 Å².